The van der Waals surface area contributed by atoms with Crippen LogP contribution in [0, 0.1) is 6.07 Å². The Balaban J connectivity index is 0.00000210. The molecule has 0 saturated heterocycles. The third kappa shape index (κ3) is 3.35. The van der Waals surface area contributed by atoms with E-state index < -0.39 is 0 Å². The van der Waals surface area contributed by atoms with E-state index in [0.717, 1.165) is 16.8 Å². The van der Waals surface area contributed by atoms with Gasteiger partial charge in [0.2, 0.25) is 0 Å². The smallest absolute Gasteiger partial charge is 0.169 e. The van der Waals surface area contributed by atoms with Crippen LogP contribution in [0.25, 0.3) is 28.2 Å². The van der Waals surface area contributed by atoms with Gasteiger partial charge < -0.3 is 8.98 Å². The van der Waals surface area contributed by atoms with Gasteiger partial charge in [-0.2, -0.15) is 5.10 Å². The van der Waals surface area contributed by atoms with Gasteiger partial charge in [-0.1, -0.05) is 51.5 Å². The van der Waals surface area contributed by atoms with Crippen molar-refractivity contribution < 1.29 is 24.5 Å². The number of rotatable bonds is 4. The first-order valence-electron chi connectivity index (χ1n) is 8.85. The predicted octanol–water partition coefficient (Wildman–Crippen LogP) is 5.12. The van der Waals surface area contributed by atoms with Crippen molar-refractivity contribution in [1.29, 1.82) is 0 Å². The summed E-state index contributed by atoms with van der Waals surface area (Å²) >= 11 is 0. The van der Waals surface area contributed by atoms with Crippen LogP contribution >= 0.6 is 0 Å². The average Bonchev–Trinajstić information content (AvgIpc) is 3.29. The molecule has 0 spiro atoms. The largest absolute Gasteiger partial charge is 0.490 e. The summed E-state index contributed by atoms with van der Waals surface area (Å²) in [5.74, 6) is 1.47. The van der Waals surface area contributed by atoms with Gasteiger partial charge in [0.05, 0.1) is 11.4 Å². The first-order chi connectivity index (χ1) is 12.6. The summed E-state index contributed by atoms with van der Waals surface area (Å²) in [6.45, 7) is 8.82. The van der Waals surface area contributed by atoms with Gasteiger partial charge in [0.15, 0.2) is 6.39 Å². The Bertz CT molecular complexity index is 1040. The molecule has 1 radical (unpaired) electrons. The fourth-order valence-electron chi connectivity index (χ4n) is 3.36. The third-order valence-corrected chi connectivity index (χ3v) is 4.65. The molecule has 0 saturated carbocycles. The molecule has 2 heterocycles. The maximum absolute atomic E-state index is 5.60. The number of hydrogen-bond acceptors (Lipinski definition) is 4. The van der Waals surface area contributed by atoms with Crippen molar-refractivity contribution in [3.63, 3.8) is 0 Å². The first kappa shape index (κ1) is 19.5. The van der Waals surface area contributed by atoms with Crippen LogP contribution in [0.4, 0.5) is 0 Å². The average molecular weight is 538 g/mol. The number of aromatic nitrogens is 4. The normalized spacial score (nSPS) is 11.3. The SMILES string of the molecule is CC(C)c1cccc(C(C)C)c1-n1cnnc1-c1[c-]ccc2ncoc12.[Ir]. The zero-order valence-corrected chi connectivity index (χ0v) is 18.1. The summed E-state index contributed by atoms with van der Waals surface area (Å²) in [5, 5.41) is 8.59. The molecular weight excluding hydrogens is 516 g/mol. The molecule has 4 aromatic rings. The molecule has 0 aliphatic carbocycles. The number of oxazole rings is 1. The second-order valence-electron chi connectivity index (χ2n) is 7.04. The van der Waals surface area contributed by atoms with Gasteiger partial charge in [0, 0.05) is 31.3 Å². The molecule has 5 nitrogen and oxygen atoms in total. The molecule has 0 amide bonds. The number of para-hydroxylation sites is 1. The Morgan fingerprint density at radius 2 is 1.74 bits per heavy atom. The summed E-state index contributed by atoms with van der Waals surface area (Å²) in [7, 11) is 0. The van der Waals surface area contributed by atoms with Crippen LogP contribution in [-0.2, 0) is 20.1 Å². The van der Waals surface area contributed by atoms with Crippen molar-refractivity contribution in [3.05, 3.63) is 60.2 Å². The fraction of sp³-hybridized carbons (Fsp3) is 0.286. The van der Waals surface area contributed by atoms with Gasteiger partial charge in [0.1, 0.15) is 6.33 Å². The van der Waals surface area contributed by atoms with Crippen molar-refractivity contribution in [2.45, 2.75) is 39.5 Å². The van der Waals surface area contributed by atoms with E-state index in [4.69, 9.17) is 4.42 Å². The van der Waals surface area contributed by atoms with Crippen LogP contribution in [0.5, 0.6) is 0 Å². The molecule has 0 aliphatic heterocycles. The van der Waals surface area contributed by atoms with Crippen molar-refractivity contribution in [2.24, 2.45) is 0 Å². The van der Waals surface area contributed by atoms with E-state index in [0.29, 0.717) is 23.2 Å². The van der Waals surface area contributed by atoms with Crippen molar-refractivity contribution >= 4 is 11.1 Å². The monoisotopic (exact) mass is 538 g/mol. The Morgan fingerprint density at radius 1 is 1.04 bits per heavy atom. The minimum absolute atomic E-state index is 0. The van der Waals surface area contributed by atoms with E-state index >= 15 is 0 Å². The van der Waals surface area contributed by atoms with E-state index in [-0.39, 0.29) is 20.1 Å². The summed E-state index contributed by atoms with van der Waals surface area (Å²) < 4.78 is 7.65. The number of fused-ring (bicyclic) bond motifs is 1. The molecule has 4 rings (SSSR count). The van der Waals surface area contributed by atoms with Crippen LogP contribution in [0.3, 0.4) is 0 Å². The number of hydrogen-bond donors (Lipinski definition) is 0. The molecule has 0 N–H and O–H groups in total. The van der Waals surface area contributed by atoms with Crippen molar-refractivity contribution in [3.8, 4) is 17.1 Å². The molecule has 141 valence electrons. The maximum Gasteiger partial charge on any atom is 0.169 e. The second kappa shape index (κ2) is 7.75. The van der Waals surface area contributed by atoms with Crippen LogP contribution < -0.4 is 0 Å². The number of benzene rings is 2. The second-order valence-corrected chi connectivity index (χ2v) is 7.04. The minimum atomic E-state index is 0. The Morgan fingerprint density at radius 3 is 2.41 bits per heavy atom. The Hall–Kier alpha value is -2.30. The third-order valence-electron chi connectivity index (χ3n) is 4.65. The Kier molecular flexibility index (Phi) is 5.58. The van der Waals surface area contributed by atoms with E-state index in [1.54, 1.807) is 6.33 Å². The molecular formula is C21H21IrN4O-. The van der Waals surface area contributed by atoms with Crippen molar-refractivity contribution in [2.75, 3.05) is 0 Å². The van der Waals surface area contributed by atoms with E-state index in [2.05, 4.69) is 71.7 Å². The van der Waals surface area contributed by atoms with Gasteiger partial charge in [-0.25, -0.2) is 4.98 Å². The summed E-state index contributed by atoms with van der Waals surface area (Å²) in [6.07, 6.45) is 3.22. The summed E-state index contributed by atoms with van der Waals surface area (Å²) in [6, 6.07) is 13.5. The number of nitrogens with zero attached hydrogens (tertiary/aromatic N) is 4. The molecule has 2 aromatic carbocycles. The first-order valence-corrected chi connectivity index (χ1v) is 8.85. The zero-order chi connectivity index (χ0) is 18.3. The van der Waals surface area contributed by atoms with Gasteiger partial charge in [0.25, 0.3) is 0 Å². The fourth-order valence-corrected chi connectivity index (χ4v) is 3.36. The molecule has 0 atom stereocenters. The molecule has 0 unspecified atom stereocenters. The molecule has 6 heteroatoms. The van der Waals surface area contributed by atoms with Gasteiger partial charge in [-0.3, -0.25) is 0 Å². The van der Waals surface area contributed by atoms with E-state index in [1.807, 2.05) is 12.1 Å². The quantitative estimate of drug-likeness (QED) is 0.339. The predicted molar refractivity (Wildman–Crippen MR) is 101 cm³/mol. The van der Waals surface area contributed by atoms with Crippen LogP contribution in [-0.4, -0.2) is 19.7 Å². The molecule has 0 bridgehead atoms. The maximum atomic E-state index is 5.60. The molecule has 2 aromatic heterocycles. The summed E-state index contributed by atoms with van der Waals surface area (Å²) in [4.78, 5) is 4.24. The summed E-state index contributed by atoms with van der Waals surface area (Å²) in [5.41, 5.74) is 5.90. The van der Waals surface area contributed by atoms with Gasteiger partial charge in [-0.05, 0) is 23.0 Å². The van der Waals surface area contributed by atoms with Crippen LogP contribution in [0.2, 0.25) is 0 Å². The standard InChI is InChI=1S/C21H21N4O.Ir/c1-13(2)15-7-5-8-16(14(3)4)19(15)25-11-23-24-21(25)17-9-6-10-18-20(17)26-12-22-18;/h5-8,10-14H,1-4H3;/q-1;. The topological polar surface area (TPSA) is 56.7 Å². The van der Waals surface area contributed by atoms with E-state index in [1.165, 1.54) is 17.5 Å². The molecule has 0 aliphatic rings. The Labute approximate surface area is 172 Å². The van der Waals surface area contributed by atoms with Crippen LogP contribution in [0.15, 0.2) is 47.5 Å². The van der Waals surface area contributed by atoms with Gasteiger partial charge >= 0.3 is 0 Å². The van der Waals surface area contributed by atoms with Crippen LogP contribution in [0.1, 0.15) is 50.7 Å². The van der Waals surface area contributed by atoms with Gasteiger partial charge in [-0.15, -0.1) is 23.3 Å². The molecule has 27 heavy (non-hydrogen) atoms. The molecule has 0 fully saturated rings. The van der Waals surface area contributed by atoms with Crippen molar-refractivity contribution in [1.82, 2.24) is 19.7 Å². The minimum Gasteiger partial charge on any atom is -0.490 e. The zero-order valence-electron chi connectivity index (χ0n) is 15.7. The van der Waals surface area contributed by atoms with E-state index in [9.17, 15) is 0 Å².